The largest absolute Gasteiger partial charge is 0.573 e. The number of hydrogen-bond donors (Lipinski definition) is 3. The van der Waals surface area contributed by atoms with Gasteiger partial charge in [-0.15, -0.1) is 13.2 Å². The zero-order valence-corrected chi connectivity index (χ0v) is 14.3. The van der Waals surface area contributed by atoms with E-state index >= 15 is 0 Å². The van der Waals surface area contributed by atoms with Crippen LogP contribution in [0.25, 0.3) is 0 Å². The zero-order valence-electron chi connectivity index (χ0n) is 14.3. The highest BCUT2D eigenvalue weighted by molar-refractivity contribution is 6.14. The van der Waals surface area contributed by atoms with E-state index in [1.165, 1.54) is 12.3 Å². The fourth-order valence-corrected chi connectivity index (χ4v) is 3.04. The van der Waals surface area contributed by atoms with Gasteiger partial charge >= 0.3 is 6.36 Å². The molecule has 3 rings (SSSR count). The Morgan fingerprint density at radius 2 is 2.11 bits per heavy atom. The average molecular weight is 380 g/mol. The number of pyridine rings is 1. The third kappa shape index (κ3) is 4.48. The molecule has 0 bridgehead atoms. The maximum atomic E-state index is 12.4. The molecule has 1 aromatic heterocycles. The van der Waals surface area contributed by atoms with Crippen LogP contribution in [0.1, 0.15) is 17.5 Å². The highest BCUT2D eigenvalue weighted by atomic mass is 19.4. The molecular formula is C18H19F3N4O2. The van der Waals surface area contributed by atoms with Gasteiger partial charge in [-0.25, -0.2) is 4.98 Å². The topological polar surface area (TPSA) is 95.5 Å². The number of alkyl halides is 3. The van der Waals surface area contributed by atoms with Gasteiger partial charge < -0.3 is 20.5 Å². The van der Waals surface area contributed by atoms with Crippen molar-refractivity contribution in [3.63, 3.8) is 0 Å². The summed E-state index contributed by atoms with van der Waals surface area (Å²) in [7, 11) is 0. The number of anilines is 2. The standard InChI is InChI=1S/C18H19F3N4O2/c19-18(20,21)27-13-1-2-15(22)14(8-13)17(23)12-3-5-24-16(7-12)25-6-4-11(9-25)10-26/h1-3,5,7-8,11,23,26H,4,6,9-10,22H2. The number of nitrogens with one attached hydrogen (secondary N) is 1. The summed E-state index contributed by atoms with van der Waals surface area (Å²) < 4.78 is 41.3. The molecule has 2 heterocycles. The molecule has 6 nitrogen and oxygen atoms in total. The van der Waals surface area contributed by atoms with Crippen LogP contribution in [0.4, 0.5) is 24.7 Å². The molecule has 1 fully saturated rings. The molecule has 2 aromatic rings. The molecule has 4 N–H and O–H groups in total. The summed E-state index contributed by atoms with van der Waals surface area (Å²) in [6.45, 7) is 1.51. The predicted octanol–water partition coefficient (Wildman–Crippen LogP) is 2.80. The van der Waals surface area contributed by atoms with Crippen LogP contribution in [-0.4, -0.2) is 41.9 Å². The number of nitrogen functional groups attached to an aromatic ring is 1. The lowest BCUT2D eigenvalue weighted by molar-refractivity contribution is -0.274. The Labute approximate surface area is 153 Å². The monoisotopic (exact) mass is 380 g/mol. The van der Waals surface area contributed by atoms with Gasteiger partial charge in [-0.1, -0.05) is 0 Å². The number of ether oxygens (including phenoxy) is 1. The summed E-state index contributed by atoms with van der Waals surface area (Å²) in [5, 5.41) is 17.7. The summed E-state index contributed by atoms with van der Waals surface area (Å²) in [5.41, 5.74) is 6.62. The number of nitrogens with zero attached hydrogens (tertiary/aromatic N) is 2. The molecule has 0 spiro atoms. The minimum atomic E-state index is -4.82. The quantitative estimate of drug-likeness (QED) is 0.548. The van der Waals surface area contributed by atoms with E-state index < -0.39 is 12.1 Å². The molecule has 1 unspecified atom stereocenters. The van der Waals surface area contributed by atoms with Crippen molar-refractivity contribution < 1.29 is 23.0 Å². The third-order valence-electron chi connectivity index (χ3n) is 4.43. The molecular weight excluding hydrogens is 361 g/mol. The lowest BCUT2D eigenvalue weighted by Gasteiger charge is -2.18. The second kappa shape index (κ2) is 7.43. The first-order valence-electron chi connectivity index (χ1n) is 8.33. The number of aliphatic hydroxyl groups excluding tert-OH is 1. The van der Waals surface area contributed by atoms with E-state index in [4.69, 9.17) is 11.1 Å². The predicted molar refractivity (Wildman–Crippen MR) is 95.1 cm³/mol. The molecule has 9 heteroatoms. The second-order valence-corrected chi connectivity index (χ2v) is 6.36. The Balaban J connectivity index is 1.86. The fraction of sp³-hybridized carbons (Fsp3) is 0.333. The zero-order chi connectivity index (χ0) is 19.6. The Bertz CT molecular complexity index is 842. The Hall–Kier alpha value is -2.81. The van der Waals surface area contributed by atoms with Crippen molar-refractivity contribution in [3.05, 3.63) is 47.7 Å². The van der Waals surface area contributed by atoms with Crippen molar-refractivity contribution in [3.8, 4) is 5.75 Å². The Morgan fingerprint density at radius 3 is 2.78 bits per heavy atom. The first-order valence-corrected chi connectivity index (χ1v) is 8.33. The van der Waals surface area contributed by atoms with Crippen LogP contribution >= 0.6 is 0 Å². The summed E-state index contributed by atoms with van der Waals surface area (Å²) >= 11 is 0. The van der Waals surface area contributed by atoms with Crippen LogP contribution in [0.15, 0.2) is 36.5 Å². The van der Waals surface area contributed by atoms with E-state index in [9.17, 15) is 18.3 Å². The van der Waals surface area contributed by atoms with Gasteiger partial charge in [-0.05, 0) is 36.8 Å². The van der Waals surface area contributed by atoms with Gasteiger partial charge in [0.2, 0.25) is 0 Å². The summed E-state index contributed by atoms with van der Waals surface area (Å²) in [5.74, 6) is 0.396. The van der Waals surface area contributed by atoms with Gasteiger partial charge in [0.15, 0.2) is 0 Å². The van der Waals surface area contributed by atoms with E-state index in [2.05, 4.69) is 9.72 Å². The number of nitrogens with two attached hydrogens (primary N) is 1. The second-order valence-electron chi connectivity index (χ2n) is 6.36. The van der Waals surface area contributed by atoms with Crippen molar-refractivity contribution in [2.45, 2.75) is 12.8 Å². The van der Waals surface area contributed by atoms with Gasteiger partial charge in [0.1, 0.15) is 11.6 Å². The van der Waals surface area contributed by atoms with Crippen LogP contribution < -0.4 is 15.4 Å². The van der Waals surface area contributed by atoms with Gasteiger partial charge in [0.05, 0.1) is 5.71 Å². The lowest BCUT2D eigenvalue weighted by Crippen LogP contribution is -2.22. The smallest absolute Gasteiger partial charge is 0.406 e. The molecule has 0 amide bonds. The number of rotatable bonds is 5. The highest BCUT2D eigenvalue weighted by Gasteiger charge is 2.31. The Morgan fingerprint density at radius 1 is 1.33 bits per heavy atom. The number of benzene rings is 1. The number of halogens is 3. The number of aliphatic hydroxyl groups is 1. The van der Waals surface area contributed by atoms with Gasteiger partial charge in [-0.3, -0.25) is 5.41 Å². The van der Waals surface area contributed by atoms with E-state index in [-0.39, 0.29) is 29.5 Å². The highest BCUT2D eigenvalue weighted by Crippen LogP contribution is 2.28. The van der Waals surface area contributed by atoms with Gasteiger partial charge in [0, 0.05) is 48.6 Å². The third-order valence-corrected chi connectivity index (χ3v) is 4.43. The molecule has 0 aliphatic carbocycles. The summed E-state index contributed by atoms with van der Waals surface area (Å²) in [4.78, 5) is 6.30. The summed E-state index contributed by atoms with van der Waals surface area (Å²) in [6.07, 6.45) is -2.43. The van der Waals surface area contributed by atoms with Crippen molar-refractivity contribution in [1.29, 1.82) is 5.41 Å². The normalized spacial score (nSPS) is 17.2. The van der Waals surface area contributed by atoms with Crippen LogP contribution in [0.2, 0.25) is 0 Å². The Kier molecular flexibility index (Phi) is 5.22. The molecule has 1 saturated heterocycles. The van der Waals surface area contributed by atoms with E-state index in [0.29, 0.717) is 17.9 Å². The number of hydrogen-bond acceptors (Lipinski definition) is 6. The van der Waals surface area contributed by atoms with E-state index in [0.717, 1.165) is 25.1 Å². The van der Waals surface area contributed by atoms with Crippen molar-refractivity contribution in [2.75, 3.05) is 30.3 Å². The lowest BCUT2D eigenvalue weighted by atomic mass is 10.0. The maximum absolute atomic E-state index is 12.4. The van der Waals surface area contributed by atoms with E-state index in [1.54, 1.807) is 12.1 Å². The molecule has 1 aliphatic rings. The molecule has 27 heavy (non-hydrogen) atoms. The molecule has 1 aromatic carbocycles. The minimum Gasteiger partial charge on any atom is -0.406 e. The van der Waals surface area contributed by atoms with Crippen LogP contribution in [0.5, 0.6) is 5.75 Å². The molecule has 0 saturated carbocycles. The van der Waals surface area contributed by atoms with Crippen LogP contribution in [0.3, 0.4) is 0 Å². The van der Waals surface area contributed by atoms with Crippen LogP contribution in [-0.2, 0) is 0 Å². The minimum absolute atomic E-state index is 0.0262. The average Bonchev–Trinajstić information content (AvgIpc) is 3.11. The first kappa shape index (κ1) is 19.0. The van der Waals surface area contributed by atoms with Crippen molar-refractivity contribution in [1.82, 2.24) is 4.98 Å². The number of aromatic nitrogens is 1. The van der Waals surface area contributed by atoms with Gasteiger partial charge in [-0.2, -0.15) is 0 Å². The molecule has 1 aliphatic heterocycles. The SMILES string of the molecule is N=C(c1ccnc(N2CCC(CO)C2)c1)c1cc(OC(F)(F)F)ccc1N. The molecule has 0 radical (unpaired) electrons. The van der Waals surface area contributed by atoms with Crippen molar-refractivity contribution >= 4 is 17.2 Å². The van der Waals surface area contributed by atoms with Crippen LogP contribution in [0, 0.1) is 11.3 Å². The first-order chi connectivity index (χ1) is 12.8. The molecule has 1 atom stereocenters. The fourth-order valence-electron chi connectivity index (χ4n) is 3.04. The van der Waals surface area contributed by atoms with E-state index in [1.807, 2.05) is 4.90 Å². The van der Waals surface area contributed by atoms with Gasteiger partial charge in [0.25, 0.3) is 0 Å². The molecule has 144 valence electrons. The maximum Gasteiger partial charge on any atom is 0.573 e. The summed E-state index contributed by atoms with van der Waals surface area (Å²) in [6, 6.07) is 6.78. The van der Waals surface area contributed by atoms with Crippen molar-refractivity contribution in [2.24, 2.45) is 5.92 Å².